The molecule has 1 atom stereocenters. The third-order valence-corrected chi connectivity index (χ3v) is 3.61. The van der Waals surface area contributed by atoms with Crippen molar-refractivity contribution < 1.29 is 4.74 Å². The number of aryl methyl sites for hydroxylation is 1. The standard InChI is InChI=1S/C17H22N2O/c1-4-16(15-7-5-6-8-17(15)20-3)19-12-14-11-18-10-9-13(14)2/h5-11,16,19H,4,12H2,1-3H3. The van der Waals surface area contributed by atoms with Crippen LogP contribution in [-0.2, 0) is 6.54 Å². The molecule has 2 aromatic rings. The molecule has 1 unspecified atom stereocenters. The Bertz CT molecular complexity index is 554. The molecule has 3 nitrogen and oxygen atoms in total. The number of pyridine rings is 1. The first-order valence-electron chi connectivity index (χ1n) is 7.02. The summed E-state index contributed by atoms with van der Waals surface area (Å²) in [7, 11) is 1.72. The van der Waals surface area contributed by atoms with Crippen LogP contribution in [0.2, 0.25) is 0 Å². The summed E-state index contributed by atoms with van der Waals surface area (Å²) >= 11 is 0. The predicted molar refractivity (Wildman–Crippen MR) is 81.8 cm³/mol. The van der Waals surface area contributed by atoms with E-state index in [-0.39, 0.29) is 6.04 Å². The van der Waals surface area contributed by atoms with Gasteiger partial charge in [0.2, 0.25) is 0 Å². The van der Waals surface area contributed by atoms with E-state index in [0.717, 1.165) is 18.7 Å². The van der Waals surface area contributed by atoms with Gasteiger partial charge in [0.1, 0.15) is 5.75 Å². The van der Waals surface area contributed by atoms with Crippen LogP contribution in [0, 0.1) is 6.92 Å². The molecule has 2 rings (SSSR count). The maximum Gasteiger partial charge on any atom is 0.123 e. The van der Waals surface area contributed by atoms with E-state index in [1.807, 2.05) is 30.6 Å². The van der Waals surface area contributed by atoms with Crippen LogP contribution in [0.1, 0.15) is 36.1 Å². The first-order valence-corrected chi connectivity index (χ1v) is 7.02. The van der Waals surface area contributed by atoms with Crippen molar-refractivity contribution in [3.8, 4) is 5.75 Å². The van der Waals surface area contributed by atoms with E-state index in [1.54, 1.807) is 7.11 Å². The van der Waals surface area contributed by atoms with Crippen LogP contribution in [-0.4, -0.2) is 12.1 Å². The van der Waals surface area contributed by atoms with E-state index in [9.17, 15) is 0 Å². The summed E-state index contributed by atoms with van der Waals surface area (Å²) in [5.41, 5.74) is 3.71. The molecule has 0 fully saturated rings. The van der Waals surface area contributed by atoms with Crippen molar-refractivity contribution in [2.24, 2.45) is 0 Å². The number of aromatic nitrogens is 1. The quantitative estimate of drug-likeness (QED) is 0.870. The normalized spacial score (nSPS) is 12.2. The molecule has 106 valence electrons. The number of methoxy groups -OCH3 is 1. The molecule has 0 saturated heterocycles. The fourth-order valence-corrected chi connectivity index (χ4v) is 2.34. The molecule has 1 aromatic carbocycles. The molecule has 1 N–H and O–H groups in total. The summed E-state index contributed by atoms with van der Waals surface area (Å²) in [6, 6.07) is 10.5. The van der Waals surface area contributed by atoms with Gasteiger partial charge in [0.15, 0.2) is 0 Å². The molecule has 20 heavy (non-hydrogen) atoms. The van der Waals surface area contributed by atoms with E-state index in [0.29, 0.717) is 0 Å². The number of rotatable bonds is 6. The van der Waals surface area contributed by atoms with Gasteiger partial charge in [-0.25, -0.2) is 0 Å². The van der Waals surface area contributed by atoms with Gasteiger partial charge >= 0.3 is 0 Å². The minimum absolute atomic E-state index is 0.283. The zero-order valence-corrected chi connectivity index (χ0v) is 12.4. The van der Waals surface area contributed by atoms with Crippen LogP contribution in [0.15, 0.2) is 42.7 Å². The SMILES string of the molecule is CCC(NCc1cnccc1C)c1ccccc1OC. The van der Waals surface area contributed by atoms with Gasteiger partial charge in [-0.1, -0.05) is 25.1 Å². The molecule has 0 aliphatic rings. The average Bonchev–Trinajstić information content (AvgIpc) is 2.50. The van der Waals surface area contributed by atoms with Crippen molar-refractivity contribution in [3.05, 3.63) is 59.4 Å². The number of hydrogen-bond donors (Lipinski definition) is 1. The molecule has 0 radical (unpaired) electrons. The minimum Gasteiger partial charge on any atom is -0.496 e. The number of para-hydroxylation sites is 1. The lowest BCUT2D eigenvalue weighted by molar-refractivity contribution is 0.396. The molecular weight excluding hydrogens is 248 g/mol. The van der Waals surface area contributed by atoms with Crippen molar-refractivity contribution in [1.82, 2.24) is 10.3 Å². The number of benzene rings is 1. The third kappa shape index (κ3) is 3.36. The highest BCUT2D eigenvalue weighted by atomic mass is 16.5. The average molecular weight is 270 g/mol. The van der Waals surface area contributed by atoms with E-state index in [2.05, 4.69) is 36.3 Å². The Balaban J connectivity index is 2.11. The lowest BCUT2D eigenvalue weighted by Crippen LogP contribution is -2.21. The predicted octanol–water partition coefficient (Wildman–Crippen LogP) is 3.64. The van der Waals surface area contributed by atoms with E-state index < -0.39 is 0 Å². The van der Waals surface area contributed by atoms with Gasteiger partial charge in [0.25, 0.3) is 0 Å². The van der Waals surface area contributed by atoms with Crippen LogP contribution >= 0.6 is 0 Å². The molecule has 0 bridgehead atoms. The van der Waals surface area contributed by atoms with Gasteiger partial charge in [-0.15, -0.1) is 0 Å². The first-order chi connectivity index (χ1) is 9.76. The molecule has 0 aliphatic heterocycles. The lowest BCUT2D eigenvalue weighted by Gasteiger charge is -2.20. The first kappa shape index (κ1) is 14.5. The van der Waals surface area contributed by atoms with Gasteiger partial charge in [-0.05, 0) is 36.6 Å². The van der Waals surface area contributed by atoms with E-state index >= 15 is 0 Å². The van der Waals surface area contributed by atoms with E-state index in [4.69, 9.17) is 4.74 Å². The Hall–Kier alpha value is -1.87. The number of hydrogen-bond acceptors (Lipinski definition) is 3. The summed E-state index contributed by atoms with van der Waals surface area (Å²) in [6.45, 7) is 5.11. The number of ether oxygens (including phenoxy) is 1. The molecule has 0 aliphatic carbocycles. The molecule has 3 heteroatoms. The maximum atomic E-state index is 5.45. The second kappa shape index (κ2) is 7.06. The Labute approximate surface area is 121 Å². The fraction of sp³-hybridized carbons (Fsp3) is 0.353. The smallest absolute Gasteiger partial charge is 0.123 e. The van der Waals surface area contributed by atoms with Gasteiger partial charge in [-0.2, -0.15) is 0 Å². The van der Waals surface area contributed by atoms with Crippen molar-refractivity contribution in [3.63, 3.8) is 0 Å². The number of nitrogens with one attached hydrogen (secondary N) is 1. The molecular formula is C17H22N2O. The summed E-state index contributed by atoms with van der Waals surface area (Å²) in [5.74, 6) is 0.940. The van der Waals surface area contributed by atoms with Crippen LogP contribution in [0.3, 0.4) is 0 Å². The highest BCUT2D eigenvalue weighted by Gasteiger charge is 2.13. The monoisotopic (exact) mass is 270 g/mol. The molecule has 0 spiro atoms. The summed E-state index contributed by atoms with van der Waals surface area (Å²) in [6.07, 6.45) is 4.77. The van der Waals surface area contributed by atoms with Crippen molar-refractivity contribution in [1.29, 1.82) is 0 Å². The van der Waals surface area contributed by atoms with E-state index in [1.165, 1.54) is 16.7 Å². The summed E-state index contributed by atoms with van der Waals surface area (Å²) in [5, 5.41) is 3.60. The van der Waals surface area contributed by atoms with Crippen LogP contribution in [0.5, 0.6) is 5.75 Å². The van der Waals surface area contributed by atoms with Gasteiger partial charge in [-0.3, -0.25) is 4.98 Å². The topological polar surface area (TPSA) is 34.2 Å². The van der Waals surface area contributed by atoms with Crippen molar-refractivity contribution in [2.75, 3.05) is 7.11 Å². The lowest BCUT2D eigenvalue weighted by atomic mass is 10.0. The second-order valence-corrected chi connectivity index (χ2v) is 4.89. The zero-order valence-electron chi connectivity index (χ0n) is 12.4. The van der Waals surface area contributed by atoms with Crippen LogP contribution in [0.4, 0.5) is 0 Å². The van der Waals surface area contributed by atoms with Crippen LogP contribution < -0.4 is 10.1 Å². The fourth-order valence-electron chi connectivity index (χ4n) is 2.34. The summed E-state index contributed by atoms with van der Waals surface area (Å²) in [4.78, 5) is 4.19. The largest absolute Gasteiger partial charge is 0.496 e. The Morgan fingerprint density at radius 1 is 1.25 bits per heavy atom. The van der Waals surface area contributed by atoms with Crippen LogP contribution in [0.25, 0.3) is 0 Å². The van der Waals surface area contributed by atoms with Gasteiger partial charge in [0.05, 0.1) is 7.11 Å². The molecule has 1 aromatic heterocycles. The van der Waals surface area contributed by atoms with Gasteiger partial charge < -0.3 is 10.1 Å². The maximum absolute atomic E-state index is 5.45. The third-order valence-electron chi connectivity index (χ3n) is 3.61. The Morgan fingerprint density at radius 3 is 2.75 bits per heavy atom. The number of nitrogens with zero attached hydrogens (tertiary/aromatic N) is 1. The molecule has 0 amide bonds. The Morgan fingerprint density at radius 2 is 2.05 bits per heavy atom. The second-order valence-electron chi connectivity index (χ2n) is 4.89. The highest BCUT2D eigenvalue weighted by molar-refractivity contribution is 5.36. The highest BCUT2D eigenvalue weighted by Crippen LogP contribution is 2.27. The van der Waals surface area contributed by atoms with Crippen molar-refractivity contribution >= 4 is 0 Å². The Kier molecular flexibility index (Phi) is 5.13. The van der Waals surface area contributed by atoms with Gasteiger partial charge in [0, 0.05) is 30.5 Å². The minimum atomic E-state index is 0.283. The molecule has 1 heterocycles. The van der Waals surface area contributed by atoms with Crippen molar-refractivity contribution in [2.45, 2.75) is 32.9 Å². The summed E-state index contributed by atoms with van der Waals surface area (Å²) < 4.78 is 5.45. The molecule has 0 saturated carbocycles. The zero-order chi connectivity index (χ0) is 14.4.